The Balaban J connectivity index is 2.40. The van der Waals surface area contributed by atoms with Crippen LogP contribution < -0.4 is 0 Å². The van der Waals surface area contributed by atoms with Gasteiger partial charge in [-0.15, -0.1) is 0 Å². The van der Waals surface area contributed by atoms with Gasteiger partial charge < -0.3 is 4.74 Å². The number of ether oxygens (including phenoxy) is 1. The lowest BCUT2D eigenvalue weighted by atomic mass is 9.92. The lowest BCUT2D eigenvalue weighted by Gasteiger charge is -2.12. The summed E-state index contributed by atoms with van der Waals surface area (Å²) < 4.78 is 4.89. The molecular formula is C19H14O3. The second-order valence-corrected chi connectivity index (χ2v) is 4.91. The summed E-state index contributed by atoms with van der Waals surface area (Å²) in [6, 6.07) is 7.75. The van der Waals surface area contributed by atoms with Gasteiger partial charge in [0.2, 0.25) is 0 Å². The maximum atomic E-state index is 12.2. The zero-order valence-electron chi connectivity index (χ0n) is 12.1. The van der Waals surface area contributed by atoms with E-state index in [1.165, 1.54) is 7.11 Å². The summed E-state index contributed by atoms with van der Waals surface area (Å²) in [6.07, 6.45) is 11.9. The van der Waals surface area contributed by atoms with E-state index in [0.29, 0.717) is 23.0 Å². The topological polar surface area (TPSA) is 43.4 Å². The van der Waals surface area contributed by atoms with Crippen LogP contribution in [0, 0.1) is 0 Å². The SMILES string of the molecule is COC(=O)C1=C2C=CC=CC=C2c2ccccc2C=C1C=O. The molecule has 0 bridgehead atoms. The maximum Gasteiger partial charge on any atom is 0.339 e. The van der Waals surface area contributed by atoms with Crippen molar-refractivity contribution in [3.8, 4) is 0 Å². The minimum atomic E-state index is -0.515. The Labute approximate surface area is 128 Å². The van der Waals surface area contributed by atoms with Crippen molar-refractivity contribution >= 4 is 23.9 Å². The normalized spacial score (nSPS) is 15.9. The molecule has 2 aliphatic carbocycles. The van der Waals surface area contributed by atoms with E-state index in [-0.39, 0.29) is 0 Å². The number of esters is 1. The summed E-state index contributed by atoms with van der Waals surface area (Å²) in [7, 11) is 1.32. The van der Waals surface area contributed by atoms with Crippen LogP contribution in [0.5, 0.6) is 0 Å². The van der Waals surface area contributed by atoms with Crippen LogP contribution in [0.1, 0.15) is 11.1 Å². The maximum absolute atomic E-state index is 12.2. The molecule has 0 atom stereocenters. The van der Waals surface area contributed by atoms with Crippen LogP contribution in [0.4, 0.5) is 0 Å². The van der Waals surface area contributed by atoms with Crippen LogP contribution in [0.25, 0.3) is 11.6 Å². The van der Waals surface area contributed by atoms with Crippen molar-refractivity contribution in [3.05, 3.63) is 82.5 Å². The number of benzene rings is 1. The summed E-state index contributed by atoms with van der Waals surface area (Å²) in [5, 5.41) is 0. The zero-order valence-corrected chi connectivity index (χ0v) is 12.1. The number of methoxy groups -OCH3 is 1. The van der Waals surface area contributed by atoms with Gasteiger partial charge in [-0.1, -0.05) is 54.6 Å². The molecule has 0 aliphatic heterocycles. The lowest BCUT2D eigenvalue weighted by Crippen LogP contribution is -2.10. The van der Waals surface area contributed by atoms with Gasteiger partial charge in [0.1, 0.15) is 0 Å². The van der Waals surface area contributed by atoms with Crippen LogP contribution in [0.3, 0.4) is 0 Å². The van der Waals surface area contributed by atoms with Gasteiger partial charge in [-0.3, -0.25) is 4.79 Å². The molecule has 3 nitrogen and oxygen atoms in total. The van der Waals surface area contributed by atoms with Crippen LogP contribution in [0.15, 0.2) is 71.4 Å². The predicted molar refractivity (Wildman–Crippen MR) is 85.8 cm³/mol. The molecule has 0 saturated carbocycles. The fourth-order valence-electron chi connectivity index (χ4n) is 2.69. The first-order chi connectivity index (χ1) is 10.8. The van der Waals surface area contributed by atoms with Crippen molar-refractivity contribution in [2.45, 2.75) is 0 Å². The molecule has 0 radical (unpaired) electrons. The molecule has 0 amide bonds. The molecule has 0 N–H and O–H groups in total. The Bertz CT molecular complexity index is 802. The number of fused-ring (bicyclic) bond motifs is 3. The number of carbonyl (C=O) groups excluding carboxylic acids is 2. The number of hydrogen-bond acceptors (Lipinski definition) is 3. The average molecular weight is 290 g/mol. The van der Waals surface area contributed by atoms with Gasteiger partial charge >= 0.3 is 5.97 Å². The first-order valence-electron chi connectivity index (χ1n) is 6.91. The van der Waals surface area contributed by atoms with Crippen molar-refractivity contribution in [1.29, 1.82) is 0 Å². The van der Waals surface area contributed by atoms with Crippen LogP contribution in [-0.2, 0) is 14.3 Å². The summed E-state index contributed by atoms with van der Waals surface area (Å²) in [6.45, 7) is 0. The van der Waals surface area contributed by atoms with E-state index in [1.54, 1.807) is 6.08 Å². The third-order valence-corrected chi connectivity index (χ3v) is 3.67. The van der Waals surface area contributed by atoms with E-state index in [1.807, 2.05) is 54.6 Å². The molecule has 1 aromatic carbocycles. The third-order valence-electron chi connectivity index (χ3n) is 3.67. The summed E-state index contributed by atoms with van der Waals surface area (Å²) in [5.41, 5.74) is 4.08. The molecule has 1 aromatic rings. The van der Waals surface area contributed by atoms with E-state index < -0.39 is 5.97 Å². The largest absolute Gasteiger partial charge is 0.465 e. The number of hydrogen-bond donors (Lipinski definition) is 0. The molecule has 0 saturated heterocycles. The van der Waals surface area contributed by atoms with Gasteiger partial charge in [0, 0.05) is 5.57 Å². The fourth-order valence-corrected chi connectivity index (χ4v) is 2.69. The quantitative estimate of drug-likeness (QED) is 0.620. The minimum Gasteiger partial charge on any atom is -0.465 e. The molecule has 0 unspecified atom stereocenters. The van der Waals surface area contributed by atoms with Gasteiger partial charge in [0.25, 0.3) is 0 Å². The van der Waals surface area contributed by atoms with Crippen LogP contribution >= 0.6 is 0 Å². The van der Waals surface area contributed by atoms with Crippen molar-refractivity contribution in [3.63, 3.8) is 0 Å². The van der Waals surface area contributed by atoms with Crippen molar-refractivity contribution in [2.75, 3.05) is 7.11 Å². The number of aldehydes is 1. The van der Waals surface area contributed by atoms with E-state index in [0.717, 1.165) is 16.7 Å². The summed E-state index contributed by atoms with van der Waals surface area (Å²) in [5.74, 6) is -0.515. The van der Waals surface area contributed by atoms with Gasteiger partial charge in [-0.05, 0) is 28.3 Å². The Kier molecular flexibility index (Phi) is 3.71. The molecule has 108 valence electrons. The Morgan fingerprint density at radius 3 is 2.73 bits per heavy atom. The van der Waals surface area contributed by atoms with E-state index in [2.05, 4.69) is 0 Å². The fraction of sp³-hybridized carbons (Fsp3) is 0.0526. The molecule has 0 fully saturated rings. The van der Waals surface area contributed by atoms with Crippen molar-refractivity contribution in [2.24, 2.45) is 0 Å². The van der Waals surface area contributed by atoms with Crippen molar-refractivity contribution < 1.29 is 14.3 Å². The second kappa shape index (κ2) is 5.82. The monoisotopic (exact) mass is 290 g/mol. The second-order valence-electron chi connectivity index (χ2n) is 4.91. The highest BCUT2D eigenvalue weighted by molar-refractivity contribution is 6.11. The van der Waals surface area contributed by atoms with E-state index >= 15 is 0 Å². The first-order valence-corrected chi connectivity index (χ1v) is 6.91. The Morgan fingerprint density at radius 1 is 1.14 bits per heavy atom. The number of carbonyl (C=O) groups is 2. The first kappa shape index (κ1) is 14.0. The van der Waals surface area contributed by atoms with Gasteiger partial charge in [0.05, 0.1) is 12.7 Å². The smallest absolute Gasteiger partial charge is 0.339 e. The Hall–Kier alpha value is -2.94. The van der Waals surface area contributed by atoms with Crippen molar-refractivity contribution in [1.82, 2.24) is 0 Å². The molecular weight excluding hydrogens is 276 g/mol. The number of rotatable bonds is 2. The van der Waals surface area contributed by atoms with E-state index in [9.17, 15) is 9.59 Å². The average Bonchev–Trinajstić information content (AvgIpc) is 2.86. The molecule has 3 heteroatoms. The number of allylic oxidation sites excluding steroid dienone is 7. The van der Waals surface area contributed by atoms with Crippen LogP contribution in [0.2, 0.25) is 0 Å². The highest BCUT2D eigenvalue weighted by Crippen LogP contribution is 2.37. The zero-order chi connectivity index (χ0) is 15.5. The van der Waals surface area contributed by atoms with Gasteiger partial charge in [-0.2, -0.15) is 0 Å². The van der Waals surface area contributed by atoms with Gasteiger partial charge in [0.15, 0.2) is 6.29 Å². The molecule has 0 aromatic heterocycles. The lowest BCUT2D eigenvalue weighted by molar-refractivity contribution is -0.136. The predicted octanol–water partition coefficient (Wildman–Crippen LogP) is 3.26. The van der Waals surface area contributed by atoms with Gasteiger partial charge in [-0.25, -0.2) is 4.79 Å². The summed E-state index contributed by atoms with van der Waals surface area (Å²) in [4.78, 5) is 23.8. The third kappa shape index (κ3) is 2.27. The van der Waals surface area contributed by atoms with Crippen LogP contribution in [-0.4, -0.2) is 19.4 Å². The standard InChI is InChI=1S/C19H14O3/c1-22-19(21)18-14(12-20)11-13-7-5-6-8-15(13)16-9-3-2-4-10-17(16)18/h2-12H,1H3. The highest BCUT2D eigenvalue weighted by Gasteiger charge is 2.25. The molecule has 0 heterocycles. The highest BCUT2D eigenvalue weighted by atomic mass is 16.5. The summed E-state index contributed by atoms with van der Waals surface area (Å²) >= 11 is 0. The van der Waals surface area contributed by atoms with E-state index in [4.69, 9.17) is 4.74 Å². The molecule has 22 heavy (non-hydrogen) atoms. The molecule has 0 spiro atoms. The minimum absolute atomic E-state index is 0.292. The molecule has 3 rings (SSSR count). The molecule has 2 aliphatic rings. The Morgan fingerprint density at radius 2 is 1.95 bits per heavy atom.